The normalized spacial score (nSPS) is 10.1. The number of rotatable bonds is 9. The Bertz CT molecular complexity index is 856. The number of ether oxygens (including phenoxy) is 3. The molecule has 0 bridgehead atoms. The number of nitro groups is 1. The van der Waals surface area contributed by atoms with Crippen LogP contribution in [0.5, 0.6) is 11.5 Å². The molecule has 0 saturated carbocycles. The van der Waals surface area contributed by atoms with Crippen LogP contribution >= 0.6 is 11.6 Å². The lowest BCUT2D eigenvalue weighted by atomic mass is 10.2. The van der Waals surface area contributed by atoms with Crippen LogP contribution in [0.3, 0.4) is 0 Å². The first-order chi connectivity index (χ1) is 13.4. The van der Waals surface area contributed by atoms with Crippen molar-refractivity contribution in [2.24, 2.45) is 0 Å². The number of esters is 1. The fourth-order valence-corrected chi connectivity index (χ4v) is 2.27. The van der Waals surface area contributed by atoms with Crippen LogP contribution in [0.15, 0.2) is 42.5 Å². The van der Waals surface area contributed by atoms with Gasteiger partial charge in [0.05, 0.1) is 12.0 Å². The zero-order valence-electron chi connectivity index (χ0n) is 14.8. The number of carbonyl (C=O) groups is 2. The van der Waals surface area contributed by atoms with Gasteiger partial charge in [-0.25, -0.2) is 0 Å². The van der Waals surface area contributed by atoms with Crippen LogP contribution in [-0.4, -0.2) is 43.7 Å². The maximum atomic E-state index is 12.0. The smallest absolute Gasteiger partial charge is 0.325 e. The third kappa shape index (κ3) is 6.13. The number of nitrogens with zero attached hydrogens (tertiary/aromatic N) is 1. The largest absolute Gasteiger partial charge is 0.497 e. The minimum atomic E-state index is -0.698. The summed E-state index contributed by atoms with van der Waals surface area (Å²) < 4.78 is 15.4. The molecule has 2 aromatic rings. The molecule has 1 amide bonds. The molecule has 0 unspecified atom stereocenters. The highest BCUT2D eigenvalue weighted by molar-refractivity contribution is 6.32. The van der Waals surface area contributed by atoms with Crippen LogP contribution in [0.2, 0.25) is 5.02 Å². The highest BCUT2D eigenvalue weighted by Crippen LogP contribution is 2.25. The van der Waals surface area contributed by atoms with Crippen molar-refractivity contribution in [2.75, 3.05) is 26.9 Å². The summed E-state index contributed by atoms with van der Waals surface area (Å²) in [7, 11) is 1.56. The number of benzene rings is 2. The van der Waals surface area contributed by atoms with E-state index in [1.165, 1.54) is 12.1 Å². The second-order valence-electron chi connectivity index (χ2n) is 5.35. The van der Waals surface area contributed by atoms with Gasteiger partial charge in [-0.1, -0.05) is 11.6 Å². The Hall–Kier alpha value is -3.33. The highest BCUT2D eigenvalue weighted by Gasteiger charge is 2.17. The van der Waals surface area contributed by atoms with Gasteiger partial charge in [0, 0.05) is 11.6 Å². The Morgan fingerprint density at radius 1 is 1.11 bits per heavy atom. The lowest BCUT2D eigenvalue weighted by molar-refractivity contribution is -0.384. The van der Waals surface area contributed by atoms with Gasteiger partial charge in [-0.2, -0.15) is 0 Å². The third-order valence-corrected chi connectivity index (χ3v) is 3.79. The summed E-state index contributed by atoms with van der Waals surface area (Å²) in [6.07, 6.45) is 0. The Balaban J connectivity index is 1.72. The maximum Gasteiger partial charge on any atom is 0.325 e. The predicted molar refractivity (Wildman–Crippen MR) is 99.9 cm³/mol. The molecule has 2 aromatic carbocycles. The summed E-state index contributed by atoms with van der Waals surface area (Å²) in [5.74, 6) is -0.0450. The summed E-state index contributed by atoms with van der Waals surface area (Å²) >= 11 is 5.69. The lowest BCUT2D eigenvalue weighted by Gasteiger charge is -2.09. The number of amides is 1. The van der Waals surface area contributed by atoms with Gasteiger partial charge >= 0.3 is 5.97 Å². The molecule has 0 aliphatic heterocycles. The van der Waals surface area contributed by atoms with Crippen molar-refractivity contribution < 1.29 is 28.7 Å². The lowest BCUT2D eigenvalue weighted by Crippen LogP contribution is -2.31. The molecule has 9 nitrogen and oxygen atoms in total. The van der Waals surface area contributed by atoms with E-state index in [-0.39, 0.29) is 23.8 Å². The van der Waals surface area contributed by atoms with Gasteiger partial charge in [-0.3, -0.25) is 19.7 Å². The standard InChI is InChI=1S/C18H17ClN2O7/c1-26-13-3-5-14(6-4-13)27-8-9-28-17(22)11-20-18(23)12-2-7-15(19)16(10-12)21(24)25/h2-7,10H,8-9,11H2,1H3,(H,20,23). The van der Waals surface area contributed by atoms with Crippen molar-refractivity contribution in [1.82, 2.24) is 5.32 Å². The molecule has 0 saturated heterocycles. The molecule has 2 rings (SSSR count). The summed E-state index contributed by atoms with van der Waals surface area (Å²) in [6, 6.07) is 10.5. The molecule has 0 heterocycles. The van der Waals surface area contributed by atoms with Gasteiger partial charge in [0.1, 0.15) is 36.3 Å². The maximum absolute atomic E-state index is 12.0. The van der Waals surface area contributed by atoms with Gasteiger partial charge in [0.15, 0.2) is 0 Å². The molecule has 0 atom stereocenters. The van der Waals surface area contributed by atoms with Gasteiger partial charge in [0.2, 0.25) is 0 Å². The molecule has 0 radical (unpaired) electrons. The minimum Gasteiger partial charge on any atom is -0.497 e. The number of hydrogen-bond acceptors (Lipinski definition) is 7. The Kier molecular flexibility index (Phi) is 7.58. The van der Waals surface area contributed by atoms with Crippen molar-refractivity contribution >= 4 is 29.2 Å². The molecule has 0 fully saturated rings. The zero-order chi connectivity index (χ0) is 20.5. The van der Waals surface area contributed by atoms with E-state index in [1.807, 2.05) is 0 Å². The summed E-state index contributed by atoms with van der Waals surface area (Å²) in [4.78, 5) is 33.8. The van der Waals surface area contributed by atoms with Crippen LogP contribution < -0.4 is 14.8 Å². The summed E-state index contributed by atoms with van der Waals surface area (Å²) in [6.45, 7) is -0.264. The SMILES string of the molecule is COc1ccc(OCCOC(=O)CNC(=O)c2ccc(Cl)c([N+](=O)[O-])c2)cc1. The van der Waals surface area contributed by atoms with Crippen molar-refractivity contribution in [2.45, 2.75) is 0 Å². The fraction of sp³-hybridized carbons (Fsp3) is 0.222. The molecule has 0 spiro atoms. The van der Waals surface area contributed by atoms with Gasteiger partial charge < -0.3 is 19.5 Å². The van der Waals surface area contributed by atoms with E-state index in [1.54, 1.807) is 31.4 Å². The van der Waals surface area contributed by atoms with E-state index in [9.17, 15) is 19.7 Å². The van der Waals surface area contributed by atoms with E-state index >= 15 is 0 Å². The fourth-order valence-electron chi connectivity index (χ4n) is 2.09. The van der Waals surface area contributed by atoms with E-state index in [0.29, 0.717) is 11.5 Å². The second kappa shape index (κ2) is 10.1. The van der Waals surface area contributed by atoms with Crippen LogP contribution in [0.1, 0.15) is 10.4 Å². The highest BCUT2D eigenvalue weighted by atomic mass is 35.5. The summed E-state index contributed by atoms with van der Waals surface area (Å²) in [5, 5.41) is 13.1. The number of halogens is 1. The minimum absolute atomic E-state index is 0.00624. The number of nitrogens with one attached hydrogen (secondary N) is 1. The van der Waals surface area contributed by atoms with Crippen LogP contribution in [-0.2, 0) is 9.53 Å². The first-order valence-electron chi connectivity index (χ1n) is 8.05. The Morgan fingerprint density at radius 2 is 1.79 bits per heavy atom. The molecule has 28 heavy (non-hydrogen) atoms. The average molecular weight is 409 g/mol. The monoisotopic (exact) mass is 408 g/mol. The number of methoxy groups -OCH3 is 1. The molecule has 0 aromatic heterocycles. The average Bonchev–Trinajstić information content (AvgIpc) is 2.70. The third-order valence-electron chi connectivity index (χ3n) is 3.47. The molecule has 0 aliphatic carbocycles. The number of carbonyl (C=O) groups excluding carboxylic acids is 2. The van der Waals surface area contributed by atoms with Crippen LogP contribution in [0.25, 0.3) is 0 Å². The first-order valence-corrected chi connectivity index (χ1v) is 8.43. The van der Waals surface area contributed by atoms with E-state index in [2.05, 4.69) is 5.32 Å². The predicted octanol–water partition coefficient (Wildman–Crippen LogP) is 2.61. The second-order valence-corrected chi connectivity index (χ2v) is 5.76. The quantitative estimate of drug-likeness (QED) is 0.293. The molecule has 10 heteroatoms. The Labute approximate surface area is 165 Å². The van der Waals surface area contributed by atoms with Crippen molar-refractivity contribution in [3.05, 3.63) is 63.2 Å². The summed E-state index contributed by atoms with van der Waals surface area (Å²) in [5.41, 5.74) is -0.390. The Morgan fingerprint density at radius 3 is 2.43 bits per heavy atom. The molecular weight excluding hydrogens is 392 g/mol. The number of nitro benzene ring substituents is 1. The molecule has 0 aliphatic rings. The number of hydrogen-bond donors (Lipinski definition) is 1. The van der Waals surface area contributed by atoms with Crippen molar-refractivity contribution in [3.63, 3.8) is 0 Å². The molecular formula is C18H17ClN2O7. The van der Waals surface area contributed by atoms with E-state index < -0.39 is 29.0 Å². The van der Waals surface area contributed by atoms with Crippen LogP contribution in [0, 0.1) is 10.1 Å². The van der Waals surface area contributed by atoms with Gasteiger partial charge in [-0.15, -0.1) is 0 Å². The van der Waals surface area contributed by atoms with Crippen LogP contribution in [0.4, 0.5) is 5.69 Å². The van der Waals surface area contributed by atoms with Crippen molar-refractivity contribution in [3.8, 4) is 11.5 Å². The zero-order valence-corrected chi connectivity index (χ0v) is 15.6. The van der Waals surface area contributed by atoms with E-state index in [4.69, 9.17) is 25.8 Å². The van der Waals surface area contributed by atoms with Gasteiger partial charge in [-0.05, 0) is 36.4 Å². The first kappa shape index (κ1) is 21.0. The topological polar surface area (TPSA) is 117 Å². The molecule has 1 N–H and O–H groups in total. The van der Waals surface area contributed by atoms with E-state index in [0.717, 1.165) is 6.07 Å². The van der Waals surface area contributed by atoms with Crippen molar-refractivity contribution in [1.29, 1.82) is 0 Å². The molecule has 148 valence electrons. The van der Waals surface area contributed by atoms with Gasteiger partial charge in [0.25, 0.3) is 11.6 Å².